The van der Waals surface area contributed by atoms with Gasteiger partial charge in [-0.25, -0.2) is 14.8 Å². The van der Waals surface area contributed by atoms with Crippen LogP contribution in [0, 0.1) is 0 Å². The molecule has 22 heavy (non-hydrogen) atoms. The van der Waals surface area contributed by atoms with Gasteiger partial charge in [0.1, 0.15) is 10.6 Å². The van der Waals surface area contributed by atoms with Gasteiger partial charge in [-0.2, -0.15) is 0 Å². The van der Waals surface area contributed by atoms with Gasteiger partial charge in [-0.05, 0) is 31.2 Å². The standard InChI is InChI=1S/C13H15N5O2S2/c1-6(10(19)17-12(20)15-7-2-3-7)22-13-16-9(14)8-4-5-21-11(8)18-13/h4-7H,2-3H2,1H3,(H2,14,16,18)(H2,15,17,19,20). The van der Waals surface area contributed by atoms with Crippen LogP contribution in [0.25, 0.3) is 10.2 Å². The van der Waals surface area contributed by atoms with Crippen molar-refractivity contribution in [1.82, 2.24) is 20.6 Å². The van der Waals surface area contributed by atoms with Gasteiger partial charge in [-0.1, -0.05) is 11.8 Å². The van der Waals surface area contributed by atoms with Gasteiger partial charge in [0.25, 0.3) is 0 Å². The number of thioether (sulfide) groups is 1. The molecular weight excluding hydrogens is 322 g/mol. The Bertz CT molecular complexity index is 728. The second-order valence-corrected chi connectivity index (χ2v) is 7.23. The van der Waals surface area contributed by atoms with Crippen LogP contribution in [-0.2, 0) is 4.79 Å². The molecule has 2 heterocycles. The molecule has 1 saturated carbocycles. The number of aromatic nitrogens is 2. The molecule has 0 bridgehead atoms. The minimum atomic E-state index is -0.498. The van der Waals surface area contributed by atoms with E-state index in [0.29, 0.717) is 11.0 Å². The van der Waals surface area contributed by atoms with Gasteiger partial charge in [0.2, 0.25) is 5.91 Å². The van der Waals surface area contributed by atoms with Gasteiger partial charge < -0.3 is 11.1 Å². The molecule has 0 aromatic carbocycles. The van der Waals surface area contributed by atoms with E-state index in [1.54, 1.807) is 6.92 Å². The summed E-state index contributed by atoms with van der Waals surface area (Å²) < 4.78 is 0. The lowest BCUT2D eigenvalue weighted by atomic mass is 10.4. The lowest BCUT2D eigenvalue weighted by molar-refractivity contribution is -0.119. The monoisotopic (exact) mass is 337 g/mol. The van der Waals surface area contributed by atoms with Gasteiger partial charge in [0.15, 0.2) is 5.16 Å². The summed E-state index contributed by atoms with van der Waals surface area (Å²) >= 11 is 2.64. The molecule has 0 spiro atoms. The number of carbonyl (C=O) groups is 2. The quantitative estimate of drug-likeness (QED) is 0.579. The topological polar surface area (TPSA) is 110 Å². The summed E-state index contributed by atoms with van der Waals surface area (Å²) in [6, 6.07) is 1.62. The predicted molar refractivity (Wildman–Crippen MR) is 86.8 cm³/mol. The first-order chi connectivity index (χ1) is 10.5. The molecule has 3 rings (SSSR count). The molecule has 0 aliphatic heterocycles. The Hall–Kier alpha value is -1.87. The van der Waals surface area contributed by atoms with Crippen molar-refractivity contribution in [2.45, 2.75) is 36.2 Å². The molecule has 3 amide bonds. The number of rotatable bonds is 4. The minimum absolute atomic E-state index is 0.208. The Balaban J connectivity index is 1.62. The molecule has 7 nitrogen and oxygen atoms in total. The molecule has 1 aliphatic rings. The highest BCUT2D eigenvalue weighted by Crippen LogP contribution is 2.28. The summed E-state index contributed by atoms with van der Waals surface area (Å²) in [5.74, 6) is 0.0180. The summed E-state index contributed by atoms with van der Waals surface area (Å²) in [7, 11) is 0. The summed E-state index contributed by atoms with van der Waals surface area (Å²) in [5.41, 5.74) is 5.87. The third-order valence-electron chi connectivity index (χ3n) is 3.13. The Kier molecular flexibility index (Phi) is 4.16. The van der Waals surface area contributed by atoms with Crippen molar-refractivity contribution in [3.8, 4) is 0 Å². The second-order valence-electron chi connectivity index (χ2n) is 5.03. The molecule has 0 radical (unpaired) electrons. The number of imide groups is 1. The van der Waals surface area contributed by atoms with Gasteiger partial charge in [0, 0.05) is 6.04 Å². The fourth-order valence-electron chi connectivity index (χ4n) is 1.78. The molecular formula is C13H15N5O2S2. The SMILES string of the molecule is CC(Sc1nc(N)c2ccsc2n1)C(=O)NC(=O)NC1CC1. The van der Waals surface area contributed by atoms with E-state index in [1.807, 2.05) is 11.4 Å². The highest BCUT2D eigenvalue weighted by molar-refractivity contribution is 8.00. The average molecular weight is 337 g/mol. The van der Waals surface area contributed by atoms with Crippen LogP contribution in [0.1, 0.15) is 19.8 Å². The maximum absolute atomic E-state index is 12.0. The number of carbonyl (C=O) groups excluding carboxylic acids is 2. The number of fused-ring (bicyclic) bond motifs is 1. The Morgan fingerprint density at radius 1 is 1.45 bits per heavy atom. The zero-order chi connectivity index (χ0) is 15.7. The van der Waals surface area contributed by atoms with Crippen molar-refractivity contribution in [2.24, 2.45) is 0 Å². The summed E-state index contributed by atoms with van der Waals surface area (Å²) in [6.07, 6.45) is 1.94. The first-order valence-electron chi connectivity index (χ1n) is 6.81. The van der Waals surface area contributed by atoms with Crippen molar-refractivity contribution >= 4 is 51.1 Å². The Morgan fingerprint density at radius 3 is 2.95 bits per heavy atom. The zero-order valence-corrected chi connectivity index (χ0v) is 13.5. The third kappa shape index (κ3) is 3.47. The molecule has 1 fully saturated rings. The molecule has 2 aromatic rings. The maximum Gasteiger partial charge on any atom is 0.321 e. The number of nitrogens with zero attached hydrogens (tertiary/aromatic N) is 2. The lowest BCUT2D eigenvalue weighted by Crippen LogP contribution is -2.43. The van der Waals surface area contributed by atoms with Gasteiger partial charge in [-0.3, -0.25) is 10.1 Å². The van der Waals surface area contributed by atoms with Crippen LogP contribution in [0.5, 0.6) is 0 Å². The fraction of sp³-hybridized carbons (Fsp3) is 0.385. The van der Waals surface area contributed by atoms with Crippen LogP contribution in [-0.4, -0.2) is 33.2 Å². The highest BCUT2D eigenvalue weighted by Gasteiger charge is 2.25. The molecule has 4 N–H and O–H groups in total. The number of hydrogen-bond donors (Lipinski definition) is 3. The fourth-order valence-corrected chi connectivity index (χ4v) is 3.39. The van der Waals surface area contributed by atoms with Crippen molar-refractivity contribution in [3.63, 3.8) is 0 Å². The Labute approximate surface area is 135 Å². The van der Waals surface area contributed by atoms with Crippen LogP contribution in [0.3, 0.4) is 0 Å². The minimum Gasteiger partial charge on any atom is -0.383 e. The number of amides is 3. The molecule has 1 unspecified atom stereocenters. The van der Waals surface area contributed by atoms with Crippen molar-refractivity contribution in [1.29, 1.82) is 0 Å². The van der Waals surface area contributed by atoms with Gasteiger partial charge in [0.05, 0.1) is 10.6 Å². The normalized spacial score (nSPS) is 15.5. The second kappa shape index (κ2) is 6.09. The smallest absolute Gasteiger partial charge is 0.321 e. The van der Waals surface area contributed by atoms with E-state index in [-0.39, 0.29) is 11.9 Å². The number of anilines is 1. The third-order valence-corrected chi connectivity index (χ3v) is 4.90. The molecule has 0 saturated heterocycles. The van der Waals surface area contributed by atoms with E-state index in [2.05, 4.69) is 20.6 Å². The number of nitrogen functional groups attached to an aromatic ring is 1. The average Bonchev–Trinajstić information content (AvgIpc) is 3.12. The van der Waals surface area contributed by atoms with E-state index in [9.17, 15) is 9.59 Å². The predicted octanol–water partition coefficient (Wildman–Crippen LogP) is 1.74. The largest absolute Gasteiger partial charge is 0.383 e. The molecule has 1 atom stereocenters. The number of thiophene rings is 1. The number of nitrogens with one attached hydrogen (secondary N) is 2. The summed E-state index contributed by atoms with van der Waals surface area (Å²) in [4.78, 5) is 32.9. The van der Waals surface area contributed by atoms with E-state index < -0.39 is 11.3 Å². The van der Waals surface area contributed by atoms with E-state index in [0.717, 1.165) is 23.1 Å². The molecule has 2 aromatic heterocycles. The maximum atomic E-state index is 12.0. The summed E-state index contributed by atoms with van der Waals surface area (Å²) in [6.45, 7) is 1.70. The van der Waals surface area contributed by atoms with Crippen molar-refractivity contribution < 1.29 is 9.59 Å². The van der Waals surface area contributed by atoms with Gasteiger partial charge >= 0.3 is 6.03 Å². The number of urea groups is 1. The first-order valence-corrected chi connectivity index (χ1v) is 8.57. The van der Waals surface area contributed by atoms with E-state index in [1.165, 1.54) is 23.1 Å². The van der Waals surface area contributed by atoms with Crippen LogP contribution >= 0.6 is 23.1 Å². The van der Waals surface area contributed by atoms with Crippen LogP contribution in [0.4, 0.5) is 10.6 Å². The zero-order valence-electron chi connectivity index (χ0n) is 11.8. The van der Waals surface area contributed by atoms with Crippen molar-refractivity contribution in [2.75, 3.05) is 5.73 Å². The summed E-state index contributed by atoms with van der Waals surface area (Å²) in [5, 5.41) is 7.66. The highest BCUT2D eigenvalue weighted by atomic mass is 32.2. The van der Waals surface area contributed by atoms with Crippen molar-refractivity contribution in [3.05, 3.63) is 11.4 Å². The van der Waals surface area contributed by atoms with Crippen LogP contribution in [0.2, 0.25) is 0 Å². The van der Waals surface area contributed by atoms with E-state index >= 15 is 0 Å². The number of nitrogens with two attached hydrogens (primary N) is 1. The molecule has 1 aliphatic carbocycles. The lowest BCUT2D eigenvalue weighted by Gasteiger charge is -2.11. The molecule has 9 heteroatoms. The molecule has 116 valence electrons. The number of hydrogen-bond acceptors (Lipinski definition) is 7. The van der Waals surface area contributed by atoms with Crippen LogP contribution in [0.15, 0.2) is 16.6 Å². The first kappa shape index (κ1) is 15.0. The van der Waals surface area contributed by atoms with E-state index in [4.69, 9.17) is 5.73 Å². The van der Waals surface area contributed by atoms with Gasteiger partial charge in [-0.15, -0.1) is 11.3 Å². The Morgan fingerprint density at radius 2 is 2.23 bits per heavy atom. The van der Waals surface area contributed by atoms with Crippen LogP contribution < -0.4 is 16.4 Å².